The van der Waals surface area contributed by atoms with Crippen LogP contribution in [0.25, 0.3) is 0 Å². The van der Waals surface area contributed by atoms with Gasteiger partial charge in [0.25, 0.3) is 0 Å². The van der Waals surface area contributed by atoms with Gasteiger partial charge in [-0.25, -0.2) is 0 Å². The van der Waals surface area contributed by atoms with Gasteiger partial charge in [-0.1, -0.05) is 60.1 Å². The van der Waals surface area contributed by atoms with Gasteiger partial charge in [-0.3, -0.25) is 4.79 Å². The van der Waals surface area contributed by atoms with Gasteiger partial charge in [0.2, 0.25) is 6.29 Å². The van der Waals surface area contributed by atoms with Crippen molar-refractivity contribution in [1.82, 2.24) is 0 Å². The first-order valence-electron chi connectivity index (χ1n) is 29.4. The van der Waals surface area contributed by atoms with E-state index in [4.69, 9.17) is 47.4 Å². The second-order valence-corrected chi connectivity index (χ2v) is 27.7. The molecular formula is C57H92O24. The van der Waals surface area contributed by atoms with Gasteiger partial charge in [-0.2, -0.15) is 0 Å². The summed E-state index contributed by atoms with van der Waals surface area (Å²) in [7, 11) is 0. The van der Waals surface area contributed by atoms with Gasteiger partial charge in [0.15, 0.2) is 25.2 Å². The number of ether oxygens (including phenoxy) is 10. The first kappa shape index (κ1) is 62.4. The Morgan fingerprint density at radius 3 is 1.81 bits per heavy atom. The number of esters is 1. The number of carbonyl (C=O) groups excluding carboxylic acids is 1. The van der Waals surface area contributed by atoms with Crippen molar-refractivity contribution in [1.29, 1.82) is 0 Å². The monoisotopic (exact) mass is 1160 g/mol. The zero-order chi connectivity index (χ0) is 58.8. The van der Waals surface area contributed by atoms with Crippen molar-refractivity contribution in [3.63, 3.8) is 0 Å². The molecule has 30 atom stereocenters. The van der Waals surface area contributed by atoms with Crippen molar-refractivity contribution in [3.8, 4) is 0 Å². The Morgan fingerprint density at radius 2 is 1.15 bits per heavy atom. The van der Waals surface area contributed by atoms with Gasteiger partial charge in [-0.15, -0.1) is 0 Å². The van der Waals surface area contributed by atoms with Gasteiger partial charge in [0, 0.05) is 0 Å². The van der Waals surface area contributed by atoms with E-state index in [9.17, 15) is 66.4 Å². The van der Waals surface area contributed by atoms with Gasteiger partial charge in [-0.05, 0) is 116 Å². The topological polar surface area (TPSA) is 372 Å². The summed E-state index contributed by atoms with van der Waals surface area (Å²) in [5, 5.41) is 139. The summed E-state index contributed by atoms with van der Waals surface area (Å²) in [5.74, 6) is -0.208. The van der Waals surface area contributed by atoms with Crippen LogP contribution in [-0.4, -0.2) is 240 Å². The largest absolute Gasteiger partial charge is 0.432 e. The maximum absolute atomic E-state index is 15.1. The van der Waals surface area contributed by atoms with Gasteiger partial charge < -0.3 is 114 Å². The van der Waals surface area contributed by atoms with Crippen molar-refractivity contribution >= 4 is 5.97 Å². The van der Waals surface area contributed by atoms with E-state index >= 15 is 4.79 Å². The molecule has 13 N–H and O–H groups in total. The molecule has 0 radical (unpaired) electrons. The van der Waals surface area contributed by atoms with E-state index in [1.807, 2.05) is 0 Å². The number of hydrogen-bond acceptors (Lipinski definition) is 24. The maximum Gasteiger partial charge on any atom is 0.315 e. The second-order valence-electron chi connectivity index (χ2n) is 27.7. The first-order valence-corrected chi connectivity index (χ1v) is 29.4. The Hall–Kier alpha value is -1.67. The lowest BCUT2D eigenvalue weighted by molar-refractivity contribution is -0.362. The summed E-state index contributed by atoms with van der Waals surface area (Å²) >= 11 is 0. The molecule has 0 aromatic carbocycles. The van der Waals surface area contributed by atoms with Crippen molar-refractivity contribution < 1.29 is 119 Å². The van der Waals surface area contributed by atoms with Crippen molar-refractivity contribution in [3.05, 3.63) is 11.6 Å². The van der Waals surface area contributed by atoms with Gasteiger partial charge in [0.05, 0.1) is 44.1 Å². The quantitative estimate of drug-likeness (QED) is 0.0652. The standard InChI is InChI=1S/C57H92O24/c1-24-34(60)45(80-47-40(66)35(61)27(59)21-72-47)44(70)50(75-24)78-30-23-74-48(42(68)38(30)64)81-51(71)57-17-15-52(2,3)19-26(57)25-9-10-32-54(6)13-12-33(53(4,5)31(54)11-14-56(32,8)55(25,7)16-18-57)79-46-41(67)37(63)29(22-73-46)77-49-43(69)39(65)36(62)28(20-58)76-49/h9,24,26-50,58-70H,10-23H2,1-8H3/t24-,26?,27+,28+,29-,30+,31?,32?,33-,34+,35+,36+,37+,38-,39+,40+,41+,42+,43+,44-,45?,46-,47-,48+,49-,50-,54-,55?,56+,57-/m0/s1. The lowest BCUT2D eigenvalue weighted by Crippen LogP contribution is -2.66. The molecule has 81 heavy (non-hydrogen) atoms. The lowest BCUT2D eigenvalue weighted by atomic mass is 9.33. The number of hydrogen-bond donors (Lipinski definition) is 13. The molecule has 5 aliphatic carbocycles. The molecule has 5 heterocycles. The van der Waals surface area contributed by atoms with E-state index in [0.29, 0.717) is 19.3 Å². The molecule has 4 saturated carbocycles. The average molecular weight is 1160 g/mol. The van der Waals surface area contributed by atoms with Crippen LogP contribution in [0.15, 0.2) is 11.6 Å². The lowest BCUT2D eigenvalue weighted by Gasteiger charge is -2.71. The normalized spacial score (nSPS) is 54.4. The van der Waals surface area contributed by atoms with Gasteiger partial charge in [0.1, 0.15) is 97.7 Å². The van der Waals surface area contributed by atoms with Crippen LogP contribution in [-0.2, 0) is 52.2 Å². The van der Waals surface area contributed by atoms with E-state index in [0.717, 1.165) is 44.9 Å². The highest BCUT2D eigenvalue weighted by Crippen LogP contribution is 2.76. The molecule has 0 bridgehead atoms. The van der Waals surface area contributed by atoms with Crippen molar-refractivity contribution in [2.45, 2.75) is 261 Å². The third kappa shape index (κ3) is 10.5. The molecular weight excluding hydrogens is 1070 g/mol. The Kier molecular flexibility index (Phi) is 17.6. The summed E-state index contributed by atoms with van der Waals surface area (Å²) in [6.07, 6.45) is -23.5. The first-order chi connectivity index (χ1) is 37.9. The number of aliphatic hydroxyl groups is 13. The Morgan fingerprint density at radius 1 is 0.568 bits per heavy atom. The van der Waals surface area contributed by atoms with Crippen LogP contribution in [0.3, 0.4) is 0 Å². The summed E-state index contributed by atoms with van der Waals surface area (Å²) in [6.45, 7) is 16.0. The van der Waals surface area contributed by atoms with Crippen LogP contribution in [0.1, 0.15) is 120 Å². The summed E-state index contributed by atoms with van der Waals surface area (Å²) < 4.78 is 58.8. The Balaban J connectivity index is 0.794. The molecule has 24 nitrogen and oxygen atoms in total. The van der Waals surface area contributed by atoms with E-state index in [-0.39, 0.29) is 65.3 Å². The molecule has 0 spiro atoms. The fraction of sp³-hybridized carbons (Fsp3) is 0.947. The highest BCUT2D eigenvalue weighted by Gasteiger charge is 2.70. The molecule has 0 aromatic heterocycles. The van der Waals surface area contributed by atoms with Crippen molar-refractivity contribution in [2.24, 2.45) is 50.2 Å². The number of allylic oxidation sites excluding steroid dienone is 2. The SMILES string of the molecule is C[C@@H]1O[C@@H](O[C@@H]2CO[C@H](OC(=O)[C@]34CCC(C)(C)CC3C3=CCC5[C@@]6(C)CC[C@H](O[C@@H]7OC[C@H](O[C@@H]8O[C@H](CO)[C@@H](O)[C@@H](O)[C@H]8O)[C@@H](O)[C@H]7O)C(C)(C)C6CC[C@@]5(C)C3(C)CC4)[C@H](O)[C@H]2O)[C@@H](O)C(O[C@@H]2OC[C@@H](O)[C@@H](O)[C@H]2O)[C@@H]1O. The van der Waals surface area contributed by atoms with E-state index in [2.05, 4.69) is 54.5 Å². The zero-order valence-corrected chi connectivity index (χ0v) is 47.8. The zero-order valence-electron chi connectivity index (χ0n) is 47.8. The van der Waals surface area contributed by atoms with Crippen LogP contribution in [0.4, 0.5) is 0 Å². The highest BCUT2D eigenvalue weighted by atomic mass is 16.8. The number of rotatable bonds is 11. The van der Waals surface area contributed by atoms with Crippen LogP contribution >= 0.6 is 0 Å². The van der Waals surface area contributed by atoms with E-state index < -0.39 is 159 Å². The fourth-order valence-corrected chi connectivity index (χ4v) is 17.1. The summed E-state index contributed by atoms with van der Waals surface area (Å²) in [4.78, 5) is 15.1. The molecule has 5 unspecified atom stereocenters. The Bertz CT molecular complexity index is 2250. The molecule has 10 rings (SSSR count). The molecule has 9 fully saturated rings. The maximum atomic E-state index is 15.1. The second kappa shape index (κ2) is 22.8. The fourth-order valence-electron chi connectivity index (χ4n) is 17.1. The van der Waals surface area contributed by atoms with Crippen LogP contribution in [0, 0.1) is 50.2 Å². The molecule has 0 amide bonds. The van der Waals surface area contributed by atoms with E-state index in [1.165, 1.54) is 12.5 Å². The summed E-state index contributed by atoms with van der Waals surface area (Å²) in [6, 6.07) is 0. The van der Waals surface area contributed by atoms with Crippen LogP contribution in [0.5, 0.6) is 0 Å². The molecule has 5 saturated heterocycles. The summed E-state index contributed by atoms with van der Waals surface area (Å²) in [5.41, 5.74) is -0.748. The smallest absolute Gasteiger partial charge is 0.315 e. The van der Waals surface area contributed by atoms with Crippen LogP contribution < -0.4 is 0 Å². The number of fused-ring (bicyclic) bond motifs is 7. The predicted octanol–water partition coefficient (Wildman–Crippen LogP) is -1.27. The van der Waals surface area contributed by atoms with Crippen molar-refractivity contribution in [2.75, 3.05) is 26.4 Å². The number of aliphatic hydroxyl groups excluding tert-OH is 13. The minimum Gasteiger partial charge on any atom is -0.432 e. The molecule has 24 heteroatoms. The average Bonchev–Trinajstić information content (AvgIpc) is 1.09. The number of carbonyl (C=O) groups is 1. The molecule has 5 aliphatic heterocycles. The van der Waals surface area contributed by atoms with Crippen LogP contribution in [0.2, 0.25) is 0 Å². The molecule has 0 aromatic rings. The molecule has 464 valence electrons. The Labute approximate surface area is 472 Å². The molecule has 10 aliphatic rings. The predicted molar refractivity (Wildman–Crippen MR) is 276 cm³/mol. The minimum absolute atomic E-state index is 0.0980. The highest BCUT2D eigenvalue weighted by molar-refractivity contribution is 5.79. The minimum atomic E-state index is -1.77. The third-order valence-electron chi connectivity index (χ3n) is 22.4. The third-order valence-corrected chi connectivity index (χ3v) is 22.4. The van der Waals surface area contributed by atoms with Gasteiger partial charge >= 0.3 is 5.97 Å². The van der Waals surface area contributed by atoms with E-state index in [1.54, 1.807) is 0 Å².